The molecule has 0 spiro atoms. The fraction of sp³-hybridized carbons (Fsp3) is 0.467. The monoisotopic (exact) mass is 610 g/mol. The zero-order valence-corrected chi connectivity index (χ0v) is 23.1. The summed E-state index contributed by atoms with van der Waals surface area (Å²) in [4.78, 5) is 53.6. The number of ether oxygens (including phenoxy) is 4. The van der Waals surface area contributed by atoms with E-state index in [2.05, 4.69) is 0 Å². The van der Waals surface area contributed by atoms with Gasteiger partial charge < -0.3 is 49.6 Å². The Balaban J connectivity index is 1.27. The molecule has 2 saturated carbocycles. The molecule has 10 atom stereocenters. The molecule has 0 amide bonds. The Kier molecular flexibility index (Phi) is 4.89. The number of phenols is 2. The summed E-state index contributed by atoms with van der Waals surface area (Å²) < 4.78 is 22.2. The third kappa shape index (κ3) is 2.54. The van der Waals surface area contributed by atoms with Gasteiger partial charge in [0, 0.05) is 11.1 Å². The molecule has 4 aliphatic heterocycles. The molecule has 44 heavy (non-hydrogen) atoms. The van der Waals surface area contributed by atoms with Crippen molar-refractivity contribution in [2.75, 3.05) is 0 Å². The minimum atomic E-state index is -2.68. The van der Waals surface area contributed by atoms with Crippen LogP contribution in [0, 0.1) is 11.8 Å². The number of rotatable bonds is 1. The highest BCUT2D eigenvalue weighted by atomic mass is 16.6. The zero-order valence-electron chi connectivity index (χ0n) is 23.1. The van der Waals surface area contributed by atoms with E-state index < -0.39 is 105 Å². The minimum Gasteiger partial charge on any atom is -0.506 e. The van der Waals surface area contributed by atoms with Crippen molar-refractivity contribution in [3.8, 4) is 34.1 Å². The van der Waals surface area contributed by atoms with Crippen molar-refractivity contribution < 1.29 is 68.8 Å². The zero-order chi connectivity index (χ0) is 31.5. The number of aromatic hydroxyl groups is 2. The van der Waals surface area contributed by atoms with Gasteiger partial charge in [0.2, 0.25) is 22.8 Å². The summed E-state index contributed by atoms with van der Waals surface area (Å²) >= 11 is 0. The standard InChI is InChI=1S/C30H26O14/c1-9-7-15-27(39)23(35)17-13(43-29(27,21(9)33)25(37)41-15)5-3-11(19(17)31)12-4-6-14-18(20(12)32)24(36)28(40)16-8-10(2)22(34)30(28,44-14)26(38)42-16/h3-6,9-10,15-16,21-22,31-34,39-40H,7-8H2,1-2H3. The van der Waals surface area contributed by atoms with Gasteiger partial charge in [-0.3, -0.25) is 9.59 Å². The van der Waals surface area contributed by atoms with Crippen LogP contribution in [0.5, 0.6) is 23.0 Å². The lowest BCUT2D eigenvalue weighted by atomic mass is 9.62. The molecule has 230 valence electrons. The number of aliphatic hydroxyl groups is 4. The van der Waals surface area contributed by atoms with Gasteiger partial charge in [-0.05, 0) is 48.9 Å². The average Bonchev–Trinajstić information content (AvgIpc) is 3.24. The van der Waals surface area contributed by atoms with E-state index in [1.165, 1.54) is 24.3 Å². The molecule has 2 saturated heterocycles. The summed E-state index contributed by atoms with van der Waals surface area (Å²) in [6, 6.07) is 4.81. The molecule has 2 aliphatic carbocycles. The van der Waals surface area contributed by atoms with Crippen LogP contribution in [-0.2, 0) is 19.1 Å². The molecule has 0 radical (unpaired) electrons. The third-order valence-electron chi connectivity index (χ3n) is 10.5. The normalized spacial score (nSPS) is 42.7. The number of hydrogen-bond acceptors (Lipinski definition) is 14. The number of ketones is 2. The van der Waals surface area contributed by atoms with Crippen LogP contribution in [0.4, 0.5) is 0 Å². The molecule has 4 heterocycles. The van der Waals surface area contributed by atoms with Crippen LogP contribution in [0.3, 0.4) is 0 Å². The SMILES string of the molecule is CC1CC2OC(=O)C3(Oc4ccc(-c5ccc6c(c5O)C(=O)C5(O)C7CC(C)C(O)C5(O6)C(=O)O7)c(O)c4C(=O)C23O)C1O. The summed E-state index contributed by atoms with van der Waals surface area (Å²) in [6.07, 6.45) is -6.09. The summed E-state index contributed by atoms with van der Waals surface area (Å²) in [6.45, 7) is 3.21. The molecular formula is C30H26O14. The van der Waals surface area contributed by atoms with E-state index in [0.717, 1.165) is 0 Å². The Morgan fingerprint density at radius 3 is 1.39 bits per heavy atom. The Morgan fingerprint density at radius 1 is 0.659 bits per heavy atom. The van der Waals surface area contributed by atoms with Gasteiger partial charge in [0.15, 0.2) is 0 Å². The van der Waals surface area contributed by atoms with Gasteiger partial charge in [0.1, 0.15) is 58.5 Å². The summed E-state index contributed by atoms with van der Waals surface area (Å²) in [5.74, 6) is -7.95. The lowest BCUT2D eigenvalue weighted by Gasteiger charge is -2.50. The molecule has 4 fully saturated rings. The first kappa shape index (κ1) is 27.3. The van der Waals surface area contributed by atoms with E-state index in [1.807, 2.05) is 0 Å². The summed E-state index contributed by atoms with van der Waals surface area (Å²) in [7, 11) is 0. The van der Waals surface area contributed by atoms with E-state index in [-0.39, 0.29) is 35.5 Å². The second kappa shape index (κ2) is 7.88. The first-order valence-corrected chi connectivity index (χ1v) is 14.1. The predicted molar refractivity (Wildman–Crippen MR) is 140 cm³/mol. The van der Waals surface area contributed by atoms with E-state index >= 15 is 0 Å². The van der Waals surface area contributed by atoms with Crippen LogP contribution in [-0.4, -0.2) is 101 Å². The highest BCUT2D eigenvalue weighted by molar-refractivity contribution is 6.17. The topological polar surface area (TPSA) is 227 Å². The Hall–Kier alpha value is -4.24. The lowest BCUT2D eigenvalue weighted by Crippen LogP contribution is -2.76. The van der Waals surface area contributed by atoms with Crippen LogP contribution in [0.25, 0.3) is 11.1 Å². The largest absolute Gasteiger partial charge is 0.506 e. The van der Waals surface area contributed by atoms with Crippen molar-refractivity contribution in [2.45, 2.75) is 73.5 Å². The molecular weight excluding hydrogens is 584 g/mol. The van der Waals surface area contributed by atoms with Crippen molar-refractivity contribution in [1.29, 1.82) is 0 Å². The highest BCUT2D eigenvalue weighted by Gasteiger charge is 2.83. The predicted octanol–water partition coefficient (Wildman–Crippen LogP) is -0.493. The maximum Gasteiger partial charge on any atom is 0.357 e. The van der Waals surface area contributed by atoms with Crippen molar-refractivity contribution in [3.63, 3.8) is 0 Å². The van der Waals surface area contributed by atoms with Gasteiger partial charge >= 0.3 is 11.9 Å². The Bertz CT molecular complexity index is 1640. The Labute approximate surface area is 247 Å². The molecule has 0 aromatic heterocycles. The molecule has 6 aliphatic rings. The van der Waals surface area contributed by atoms with Crippen molar-refractivity contribution in [1.82, 2.24) is 0 Å². The number of benzene rings is 2. The highest BCUT2D eigenvalue weighted by Crippen LogP contribution is 2.60. The van der Waals surface area contributed by atoms with Crippen molar-refractivity contribution >= 4 is 23.5 Å². The number of carbonyl (C=O) groups excluding carboxylic acids is 4. The summed E-state index contributed by atoms with van der Waals surface area (Å²) in [5, 5.41) is 68.0. The average molecular weight is 611 g/mol. The first-order valence-electron chi connectivity index (χ1n) is 14.1. The first-order chi connectivity index (χ1) is 20.7. The van der Waals surface area contributed by atoms with Gasteiger partial charge in [-0.2, -0.15) is 0 Å². The van der Waals surface area contributed by atoms with Crippen LogP contribution >= 0.6 is 0 Å². The fourth-order valence-electron chi connectivity index (χ4n) is 8.16. The third-order valence-corrected chi connectivity index (χ3v) is 10.5. The second-order valence-electron chi connectivity index (χ2n) is 12.6. The maximum atomic E-state index is 13.9. The van der Waals surface area contributed by atoms with Crippen molar-refractivity contribution in [2.24, 2.45) is 11.8 Å². The minimum absolute atomic E-state index is 0.0607. The molecule has 14 heteroatoms. The van der Waals surface area contributed by atoms with Crippen LogP contribution in [0.1, 0.15) is 47.4 Å². The van der Waals surface area contributed by atoms with Gasteiger partial charge in [0.05, 0.1) is 0 Å². The van der Waals surface area contributed by atoms with E-state index in [1.54, 1.807) is 13.8 Å². The van der Waals surface area contributed by atoms with Crippen LogP contribution in [0.2, 0.25) is 0 Å². The molecule has 2 aromatic rings. The number of aliphatic hydroxyl groups excluding tert-OH is 2. The lowest BCUT2D eigenvalue weighted by molar-refractivity contribution is -0.192. The number of phenolic OH excluding ortho intramolecular Hbond substituents is 2. The van der Waals surface area contributed by atoms with Crippen LogP contribution in [0.15, 0.2) is 24.3 Å². The quantitative estimate of drug-likeness (QED) is 0.224. The van der Waals surface area contributed by atoms with Gasteiger partial charge in [-0.25, -0.2) is 9.59 Å². The van der Waals surface area contributed by atoms with Crippen molar-refractivity contribution in [3.05, 3.63) is 35.4 Å². The number of carbonyl (C=O) groups is 4. The fourth-order valence-corrected chi connectivity index (χ4v) is 8.16. The number of hydrogen-bond donors (Lipinski definition) is 6. The number of fused-ring (bicyclic) bond motifs is 2. The molecule has 8 rings (SSSR count). The molecule has 2 aromatic carbocycles. The molecule has 6 N–H and O–H groups in total. The van der Waals surface area contributed by atoms with Crippen LogP contribution < -0.4 is 9.47 Å². The van der Waals surface area contributed by atoms with Gasteiger partial charge in [0.25, 0.3) is 11.2 Å². The second-order valence-corrected chi connectivity index (χ2v) is 12.6. The van der Waals surface area contributed by atoms with Gasteiger partial charge in [-0.15, -0.1) is 0 Å². The smallest absolute Gasteiger partial charge is 0.357 e. The molecule has 4 bridgehead atoms. The number of Topliss-reactive ketones (excluding diaryl/α,β-unsaturated/α-hetero) is 2. The molecule has 14 nitrogen and oxygen atoms in total. The molecule has 10 unspecified atom stereocenters. The number of esters is 2. The maximum absolute atomic E-state index is 13.9. The summed E-state index contributed by atoms with van der Waals surface area (Å²) in [5.41, 5.74) is -11.8. The van der Waals surface area contributed by atoms with E-state index in [9.17, 15) is 49.8 Å². The van der Waals surface area contributed by atoms with E-state index in [4.69, 9.17) is 18.9 Å². The van der Waals surface area contributed by atoms with Gasteiger partial charge in [-0.1, -0.05) is 13.8 Å². The Morgan fingerprint density at radius 2 is 1.02 bits per heavy atom. The van der Waals surface area contributed by atoms with E-state index in [0.29, 0.717) is 0 Å².